The maximum Gasteiger partial charge on any atom is 0.280 e. The minimum atomic E-state index is -0.322. The minimum Gasteiger partial charge on any atom is -0.348 e. The van der Waals surface area contributed by atoms with Gasteiger partial charge in [-0.25, -0.2) is 9.07 Å². The van der Waals surface area contributed by atoms with Gasteiger partial charge in [-0.15, -0.1) is 0 Å². The third-order valence-electron chi connectivity index (χ3n) is 5.17. The lowest BCUT2D eigenvalue weighted by atomic mass is 10.1. The lowest BCUT2D eigenvalue weighted by molar-refractivity contribution is 0.0951. The number of H-pyrrole nitrogens is 1. The molecule has 2 heterocycles. The third kappa shape index (κ3) is 3.46. The number of carbonyl (C=O) groups is 1. The smallest absolute Gasteiger partial charge is 0.280 e. The minimum absolute atomic E-state index is 0.207. The molecule has 0 bridgehead atoms. The Morgan fingerprint density at radius 3 is 2.55 bits per heavy atom. The number of hydrogen-bond donors (Lipinski definition) is 2. The molecule has 5 aromatic rings. The molecule has 2 N–H and O–H groups in total. The van der Waals surface area contributed by atoms with E-state index in [0.717, 1.165) is 5.56 Å². The number of carbonyl (C=O) groups excluding carboxylic acids is 1. The number of fused-ring (bicyclic) bond motifs is 3. The van der Waals surface area contributed by atoms with Gasteiger partial charge in [0.1, 0.15) is 5.82 Å². The quantitative estimate of drug-likeness (QED) is 0.469. The highest BCUT2D eigenvalue weighted by Crippen LogP contribution is 2.22. The molecule has 2 aromatic heterocycles. The zero-order chi connectivity index (χ0) is 21.4. The topological polar surface area (TPSA) is 79.8 Å². The Hall–Kier alpha value is -4.26. The molecule has 0 spiro atoms. The molecule has 31 heavy (non-hydrogen) atoms. The van der Waals surface area contributed by atoms with Crippen LogP contribution in [0.4, 0.5) is 4.39 Å². The molecule has 6 nitrogen and oxygen atoms in total. The van der Waals surface area contributed by atoms with Gasteiger partial charge in [-0.05, 0) is 48.0 Å². The number of benzene rings is 3. The van der Waals surface area contributed by atoms with Crippen LogP contribution in [-0.4, -0.2) is 20.7 Å². The van der Waals surface area contributed by atoms with Gasteiger partial charge in [-0.3, -0.25) is 19.7 Å². The van der Waals surface area contributed by atoms with Gasteiger partial charge < -0.3 is 5.32 Å². The molecular formula is C24H17FN4O2. The van der Waals surface area contributed by atoms with Crippen molar-refractivity contribution in [2.45, 2.75) is 6.54 Å². The van der Waals surface area contributed by atoms with E-state index < -0.39 is 0 Å². The SMILES string of the molecule is O=C(NCc1ccc(F)cc1)c1ccc2ncc3c(=O)n(-c4ccccc4)[nH]c3c2c1. The van der Waals surface area contributed by atoms with Crippen LogP contribution in [0.3, 0.4) is 0 Å². The van der Waals surface area contributed by atoms with E-state index in [0.29, 0.717) is 33.1 Å². The molecule has 0 aliphatic heterocycles. The van der Waals surface area contributed by atoms with Gasteiger partial charge in [0.25, 0.3) is 11.5 Å². The largest absolute Gasteiger partial charge is 0.348 e. The fraction of sp³-hybridized carbons (Fsp3) is 0.0417. The van der Waals surface area contributed by atoms with Crippen LogP contribution in [0.2, 0.25) is 0 Å². The standard InChI is InChI=1S/C24H17FN4O2/c25-17-9-6-15(7-10-17)13-27-23(30)16-8-11-21-19(12-16)22-20(14-26-21)24(31)29(28-22)18-4-2-1-3-5-18/h1-12,14,28H,13H2,(H,27,30). The Morgan fingerprint density at radius 1 is 1.00 bits per heavy atom. The first-order valence-electron chi connectivity index (χ1n) is 9.72. The van der Waals surface area contributed by atoms with E-state index in [4.69, 9.17) is 0 Å². The molecule has 0 saturated heterocycles. The summed E-state index contributed by atoms with van der Waals surface area (Å²) in [6.45, 7) is 0.279. The molecule has 0 atom stereocenters. The van der Waals surface area contributed by atoms with Crippen LogP contribution >= 0.6 is 0 Å². The number of rotatable bonds is 4. The number of halogens is 1. The average Bonchev–Trinajstić information content (AvgIpc) is 3.15. The van der Waals surface area contributed by atoms with Crippen molar-refractivity contribution >= 4 is 27.7 Å². The van der Waals surface area contributed by atoms with Gasteiger partial charge in [0.15, 0.2) is 0 Å². The van der Waals surface area contributed by atoms with Crippen molar-refractivity contribution < 1.29 is 9.18 Å². The lowest BCUT2D eigenvalue weighted by Gasteiger charge is -2.07. The van der Waals surface area contributed by atoms with Crippen LogP contribution in [0.5, 0.6) is 0 Å². The molecule has 0 aliphatic carbocycles. The second-order valence-electron chi connectivity index (χ2n) is 7.18. The van der Waals surface area contributed by atoms with Crippen LogP contribution in [-0.2, 0) is 6.54 Å². The second kappa shape index (κ2) is 7.53. The Balaban J connectivity index is 1.52. The van der Waals surface area contributed by atoms with E-state index in [1.54, 1.807) is 36.5 Å². The van der Waals surface area contributed by atoms with Gasteiger partial charge in [0.2, 0.25) is 0 Å². The van der Waals surface area contributed by atoms with Crippen LogP contribution < -0.4 is 10.9 Å². The Labute approximate surface area is 176 Å². The summed E-state index contributed by atoms with van der Waals surface area (Å²) in [7, 11) is 0. The van der Waals surface area contributed by atoms with Crippen molar-refractivity contribution in [3.05, 3.63) is 106 Å². The van der Waals surface area contributed by atoms with Crippen molar-refractivity contribution in [2.75, 3.05) is 0 Å². The Morgan fingerprint density at radius 2 is 1.77 bits per heavy atom. The first kappa shape index (κ1) is 18.7. The molecule has 0 saturated carbocycles. The number of aromatic amines is 1. The number of aromatic nitrogens is 3. The summed E-state index contributed by atoms with van der Waals surface area (Å²) < 4.78 is 14.5. The van der Waals surface area contributed by atoms with Gasteiger partial charge in [-0.1, -0.05) is 30.3 Å². The maximum absolute atomic E-state index is 13.0. The van der Waals surface area contributed by atoms with Crippen molar-refractivity contribution in [1.82, 2.24) is 20.1 Å². The van der Waals surface area contributed by atoms with E-state index in [1.807, 2.05) is 30.3 Å². The van der Waals surface area contributed by atoms with Gasteiger partial charge >= 0.3 is 0 Å². The van der Waals surface area contributed by atoms with Crippen molar-refractivity contribution in [1.29, 1.82) is 0 Å². The van der Waals surface area contributed by atoms with E-state index in [9.17, 15) is 14.0 Å². The Bertz CT molecular complexity index is 1470. The van der Waals surface area contributed by atoms with Gasteiger partial charge in [-0.2, -0.15) is 0 Å². The molecule has 7 heteroatoms. The van der Waals surface area contributed by atoms with Crippen LogP contribution in [0.1, 0.15) is 15.9 Å². The molecule has 0 unspecified atom stereocenters. The number of nitrogens with one attached hydrogen (secondary N) is 2. The normalized spacial score (nSPS) is 11.1. The van der Waals surface area contributed by atoms with Crippen molar-refractivity contribution in [3.63, 3.8) is 0 Å². The van der Waals surface area contributed by atoms with Crippen LogP contribution in [0.25, 0.3) is 27.5 Å². The van der Waals surface area contributed by atoms with Crippen LogP contribution in [0, 0.1) is 5.82 Å². The molecule has 0 aliphatic rings. The molecule has 0 radical (unpaired) electrons. The van der Waals surface area contributed by atoms with Crippen molar-refractivity contribution in [2.24, 2.45) is 0 Å². The highest BCUT2D eigenvalue weighted by Gasteiger charge is 2.14. The Kier molecular flexibility index (Phi) is 4.55. The molecule has 152 valence electrons. The molecule has 3 aromatic carbocycles. The summed E-state index contributed by atoms with van der Waals surface area (Å²) in [6, 6.07) is 20.4. The van der Waals surface area contributed by atoms with E-state index in [2.05, 4.69) is 15.4 Å². The number of hydrogen-bond acceptors (Lipinski definition) is 3. The highest BCUT2D eigenvalue weighted by molar-refractivity contribution is 6.06. The maximum atomic E-state index is 13.0. The van der Waals surface area contributed by atoms with E-state index >= 15 is 0 Å². The fourth-order valence-corrected chi connectivity index (χ4v) is 3.54. The summed E-state index contributed by atoms with van der Waals surface area (Å²) in [5, 5.41) is 7.10. The average molecular weight is 412 g/mol. The summed E-state index contributed by atoms with van der Waals surface area (Å²) in [6.07, 6.45) is 1.55. The summed E-state index contributed by atoms with van der Waals surface area (Å²) in [5.74, 6) is -0.592. The number of nitrogens with zero attached hydrogens (tertiary/aromatic N) is 2. The molecule has 5 rings (SSSR count). The third-order valence-corrected chi connectivity index (χ3v) is 5.17. The molecule has 1 amide bonds. The monoisotopic (exact) mass is 412 g/mol. The van der Waals surface area contributed by atoms with Crippen LogP contribution in [0.15, 0.2) is 83.8 Å². The summed E-state index contributed by atoms with van der Waals surface area (Å²) in [4.78, 5) is 29.9. The van der Waals surface area contributed by atoms with E-state index in [1.165, 1.54) is 16.8 Å². The zero-order valence-corrected chi connectivity index (χ0v) is 16.3. The highest BCUT2D eigenvalue weighted by atomic mass is 19.1. The first-order chi connectivity index (χ1) is 15.1. The molecular weight excluding hydrogens is 395 g/mol. The summed E-state index contributed by atoms with van der Waals surface area (Å²) in [5.41, 5.74) is 3.03. The number of pyridine rings is 1. The van der Waals surface area contributed by atoms with E-state index in [-0.39, 0.29) is 23.8 Å². The summed E-state index contributed by atoms with van der Waals surface area (Å²) >= 11 is 0. The van der Waals surface area contributed by atoms with Gasteiger partial charge in [0.05, 0.1) is 22.1 Å². The second-order valence-corrected chi connectivity index (χ2v) is 7.18. The molecule has 0 fully saturated rings. The lowest BCUT2D eigenvalue weighted by Crippen LogP contribution is -2.22. The fourth-order valence-electron chi connectivity index (χ4n) is 3.54. The first-order valence-corrected chi connectivity index (χ1v) is 9.72. The predicted octanol–water partition coefficient (Wildman–Crippen LogP) is 3.94. The predicted molar refractivity (Wildman–Crippen MR) is 117 cm³/mol. The van der Waals surface area contributed by atoms with Gasteiger partial charge in [0, 0.05) is 23.7 Å². The number of amides is 1. The van der Waals surface area contributed by atoms with Crippen molar-refractivity contribution in [3.8, 4) is 5.69 Å². The number of para-hydroxylation sites is 1. The zero-order valence-electron chi connectivity index (χ0n) is 16.3.